The molecule has 2 fully saturated rings. The van der Waals surface area contributed by atoms with Crippen LogP contribution in [0.15, 0.2) is 72.1 Å². The zero-order valence-corrected chi connectivity index (χ0v) is 27.8. The van der Waals surface area contributed by atoms with Crippen molar-refractivity contribution >= 4 is 40.0 Å². The summed E-state index contributed by atoms with van der Waals surface area (Å²) in [4.78, 5) is 46.1. The molecule has 1 aliphatic carbocycles. The van der Waals surface area contributed by atoms with E-state index in [1.54, 1.807) is 11.3 Å². The van der Waals surface area contributed by atoms with Crippen LogP contribution in [-0.2, 0) is 20.9 Å². The maximum absolute atomic E-state index is 14.3. The fourth-order valence-corrected chi connectivity index (χ4v) is 7.74. The summed E-state index contributed by atoms with van der Waals surface area (Å²) in [5.41, 5.74) is 2.99. The largest absolute Gasteiger partial charge is 0.488 e. The number of fused-ring (bicyclic) bond motifs is 1. The first-order valence-electron chi connectivity index (χ1n) is 16.6. The smallest absolute Gasteiger partial charge is 0.407 e. The average molecular weight is 655 g/mol. The summed E-state index contributed by atoms with van der Waals surface area (Å²) in [6, 6.07) is 21.6. The Morgan fingerprint density at radius 3 is 2.45 bits per heavy atom. The van der Waals surface area contributed by atoms with Crippen LogP contribution in [0.1, 0.15) is 68.5 Å². The minimum Gasteiger partial charge on any atom is -0.488 e. The van der Waals surface area contributed by atoms with Crippen molar-refractivity contribution in [2.75, 3.05) is 13.6 Å². The van der Waals surface area contributed by atoms with Gasteiger partial charge in [0.15, 0.2) is 6.10 Å². The van der Waals surface area contributed by atoms with E-state index in [9.17, 15) is 14.4 Å². The maximum atomic E-state index is 14.3. The molecule has 2 N–H and O–H groups in total. The van der Waals surface area contributed by atoms with Gasteiger partial charge < -0.3 is 25.0 Å². The van der Waals surface area contributed by atoms with Crippen molar-refractivity contribution in [1.29, 1.82) is 0 Å². The number of carbonyl (C=O) groups is 3. The molecule has 3 aromatic carbocycles. The van der Waals surface area contributed by atoms with Crippen LogP contribution in [-0.4, -0.2) is 53.5 Å². The molecule has 9 nitrogen and oxygen atoms in total. The third-order valence-electron chi connectivity index (χ3n) is 9.28. The van der Waals surface area contributed by atoms with Gasteiger partial charge in [-0.1, -0.05) is 73.9 Å². The van der Waals surface area contributed by atoms with Gasteiger partial charge in [-0.05, 0) is 61.6 Å². The number of nitrogens with one attached hydrogen (secondary N) is 2. The van der Waals surface area contributed by atoms with E-state index in [4.69, 9.17) is 14.5 Å². The number of amides is 3. The van der Waals surface area contributed by atoms with Gasteiger partial charge in [0.2, 0.25) is 5.91 Å². The van der Waals surface area contributed by atoms with E-state index in [1.807, 2.05) is 41.3 Å². The number of hydrogen-bond acceptors (Lipinski definition) is 7. The van der Waals surface area contributed by atoms with Gasteiger partial charge in [0, 0.05) is 29.9 Å². The maximum Gasteiger partial charge on any atom is 0.407 e. The number of alkyl carbamates (subject to hydrolysis) is 1. The third kappa shape index (κ3) is 7.43. The van der Waals surface area contributed by atoms with Crippen LogP contribution in [0.3, 0.4) is 0 Å². The van der Waals surface area contributed by atoms with Gasteiger partial charge in [0.1, 0.15) is 23.4 Å². The van der Waals surface area contributed by atoms with Crippen molar-refractivity contribution < 1.29 is 23.9 Å². The quantitative estimate of drug-likeness (QED) is 0.190. The zero-order chi connectivity index (χ0) is 32.8. The molecule has 2 heterocycles. The summed E-state index contributed by atoms with van der Waals surface area (Å²) in [6.45, 7) is 2.62. The molecule has 6 rings (SSSR count). The normalized spacial score (nSPS) is 18.0. The molecule has 2 unspecified atom stereocenters. The second-order valence-corrected chi connectivity index (χ2v) is 13.3. The fourth-order valence-electron chi connectivity index (χ4n) is 6.78. The number of benzene rings is 3. The lowest BCUT2D eigenvalue weighted by atomic mass is 9.83. The predicted octanol–water partition coefficient (Wildman–Crippen LogP) is 7.02. The molecule has 0 bridgehead atoms. The monoisotopic (exact) mass is 654 g/mol. The number of likely N-dealkylation sites (tertiary alicyclic amines) is 1. The number of thiazole rings is 1. The lowest BCUT2D eigenvalue weighted by Gasteiger charge is -2.35. The summed E-state index contributed by atoms with van der Waals surface area (Å²) in [6.07, 6.45) is 4.90. The number of rotatable bonds is 10. The molecule has 4 aromatic rings. The molecule has 10 heteroatoms. The Labute approximate surface area is 279 Å². The van der Waals surface area contributed by atoms with Crippen molar-refractivity contribution in [1.82, 2.24) is 20.5 Å². The van der Waals surface area contributed by atoms with E-state index >= 15 is 0 Å². The first-order chi connectivity index (χ1) is 22.9. The molecule has 1 saturated carbocycles. The van der Waals surface area contributed by atoms with E-state index in [2.05, 4.69) is 46.3 Å². The number of hydrogen-bond donors (Lipinski definition) is 2. The number of aromatic nitrogens is 1. The van der Waals surface area contributed by atoms with Gasteiger partial charge in [0.05, 0.1) is 11.7 Å². The van der Waals surface area contributed by atoms with Crippen molar-refractivity contribution in [2.24, 2.45) is 5.92 Å². The molecule has 2 aliphatic rings. The lowest BCUT2D eigenvalue weighted by Crippen LogP contribution is -2.54. The highest BCUT2D eigenvalue weighted by Gasteiger charge is 2.40. The highest BCUT2D eigenvalue weighted by molar-refractivity contribution is 7.10. The Hall–Kier alpha value is -4.44. The first kappa shape index (κ1) is 32.5. The van der Waals surface area contributed by atoms with Crippen molar-refractivity contribution in [3.05, 3.63) is 82.7 Å². The van der Waals surface area contributed by atoms with Crippen LogP contribution in [0.5, 0.6) is 5.75 Å². The molecule has 3 amide bonds. The minimum atomic E-state index is -1.02. The van der Waals surface area contributed by atoms with E-state index in [0.717, 1.165) is 83.3 Å². The summed E-state index contributed by atoms with van der Waals surface area (Å²) in [5, 5.41) is 10.4. The Bertz CT molecular complexity index is 1700. The molecule has 3 atom stereocenters. The molecule has 1 aromatic heterocycles. The second-order valence-electron chi connectivity index (χ2n) is 12.4. The van der Waals surface area contributed by atoms with E-state index in [0.29, 0.717) is 13.2 Å². The van der Waals surface area contributed by atoms with Crippen molar-refractivity contribution in [3.8, 4) is 17.0 Å². The average Bonchev–Trinajstić information content (AvgIpc) is 3.80. The van der Waals surface area contributed by atoms with E-state index < -0.39 is 24.1 Å². The third-order valence-corrected chi connectivity index (χ3v) is 10.2. The summed E-state index contributed by atoms with van der Waals surface area (Å²) in [7, 11) is 1.44. The summed E-state index contributed by atoms with van der Waals surface area (Å²) < 4.78 is 11.4. The Kier molecular flexibility index (Phi) is 10.4. The lowest BCUT2D eigenvalue weighted by molar-refractivity contribution is -0.141. The molecular weight excluding hydrogens is 612 g/mol. The SMILES string of the molecule is CNC(=O)OC(C)C(=O)NC(C(=O)N1CCC[C@H]1c1nc(-c2ccc(OCc3ccccc3)c3ccccc23)cs1)C1CCCCC1. The van der Waals surface area contributed by atoms with Gasteiger partial charge in [-0.25, -0.2) is 9.78 Å². The Morgan fingerprint density at radius 2 is 1.68 bits per heavy atom. The Balaban J connectivity index is 1.22. The summed E-state index contributed by atoms with van der Waals surface area (Å²) >= 11 is 1.57. The van der Waals surface area contributed by atoms with Crippen molar-refractivity contribution in [3.63, 3.8) is 0 Å². The van der Waals surface area contributed by atoms with Gasteiger partial charge in [-0.3, -0.25) is 9.59 Å². The standard InChI is InChI=1S/C37H42N4O5S/c1-24(46-37(44)38-2)34(42)40-33(26-14-7-4-8-15-26)36(43)41-21-11-18-31(41)35-39-30(23-47-35)28-19-20-32(29-17-10-9-16-27(28)29)45-22-25-12-5-3-6-13-25/h3,5-6,9-10,12-13,16-17,19-20,23-24,26,31,33H,4,7-8,11,14-15,18,21-22H2,1-2H3,(H,38,44)(H,40,42)/t24?,31-,33?/m0/s1. The van der Waals surface area contributed by atoms with Crippen LogP contribution in [0, 0.1) is 5.92 Å². The minimum absolute atomic E-state index is 0.0366. The number of nitrogens with zero attached hydrogens (tertiary/aromatic N) is 2. The van der Waals surface area contributed by atoms with Crippen LogP contribution in [0.25, 0.3) is 22.0 Å². The van der Waals surface area contributed by atoms with Gasteiger partial charge >= 0.3 is 6.09 Å². The van der Waals surface area contributed by atoms with E-state index in [1.165, 1.54) is 14.0 Å². The van der Waals surface area contributed by atoms with Gasteiger partial charge in [-0.15, -0.1) is 11.3 Å². The highest BCUT2D eigenvalue weighted by Crippen LogP contribution is 2.40. The second kappa shape index (κ2) is 15.0. The number of ether oxygens (including phenoxy) is 2. The van der Waals surface area contributed by atoms with Crippen LogP contribution in [0.4, 0.5) is 4.79 Å². The van der Waals surface area contributed by atoms with Crippen LogP contribution >= 0.6 is 11.3 Å². The molecule has 0 spiro atoms. The fraction of sp³-hybridized carbons (Fsp3) is 0.405. The molecule has 47 heavy (non-hydrogen) atoms. The van der Waals surface area contributed by atoms with Gasteiger partial charge in [0.25, 0.3) is 5.91 Å². The predicted molar refractivity (Wildman–Crippen MR) is 183 cm³/mol. The Morgan fingerprint density at radius 1 is 0.936 bits per heavy atom. The van der Waals surface area contributed by atoms with Crippen LogP contribution in [0.2, 0.25) is 0 Å². The molecule has 1 saturated heterocycles. The van der Waals surface area contributed by atoms with E-state index in [-0.39, 0.29) is 17.9 Å². The van der Waals surface area contributed by atoms with Crippen LogP contribution < -0.4 is 15.4 Å². The molecule has 0 radical (unpaired) electrons. The first-order valence-corrected chi connectivity index (χ1v) is 17.4. The molecule has 246 valence electrons. The zero-order valence-electron chi connectivity index (χ0n) is 26.9. The molecule has 1 aliphatic heterocycles. The number of carbonyl (C=O) groups excluding carboxylic acids is 3. The van der Waals surface area contributed by atoms with Gasteiger partial charge in [-0.2, -0.15) is 0 Å². The molecular formula is C37H42N4O5S. The van der Waals surface area contributed by atoms with Crippen molar-refractivity contribution in [2.45, 2.75) is 76.7 Å². The summed E-state index contributed by atoms with van der Waals surface area (Å²) in [5.74, 6) is 0.312. The highest BCUT2D eigenvalue weighted by atomic mass is 32.1. The topological polar surface area (TPSA) is 110 Å².